The molecule has 0 spiro atoms. The third kappa shape index (κ3) is 3.02. The van der Waals surface area contributed by atoms with Crippen LogP contribution in [0.2, 0.25) is 0 Å². The highest BCUT2D eigenvalue weighted by atomic mass is 32.1. The summed E-state index contributed by atoms with van der Waals surface area (Å²) < 4.78 is 30.2. The van der Waals surface area contributed by atoms with Gasteiger partial charge in [-0.15, -0.1) is 5.10 Å². The van der Waals surface area contributed by atoms with Crippen molar-refractivity contribution in [1.82, 2.24) is 15.0 Å². The monoisotopic (exact) mass is 365 g/mol. The SMILES string of the molecule is CO[C@@H]1O[C@H](COC(=S)n2nnc3ccccc32)[C@H]2OC(C)(C)O[C@@H]12. The van der Waals surface area contributed by atoms with E-state index in [0.717, 1.165) is 11.0 Å². The second-order valence-electron chi connectivity index (χ2n) is 6.41. The molecule has 0 bridgehead atoms. The quantitative estimate of drug-likeness (QED) is 0.757. The summed E-state index contributed by atoms with van der Waals surface area (Å²) in [5.74, 6) is -0.684. The zero-order valence-corrected chi connectivity index (χ0v) is 14.9. The van der Waals surface area contributed by atoms with E-state index in [0.29, 0.717) is 0 Å². The normalized spacial score (nSPS) is 30.5. The van der Waals surface area contributed by atoms with Crippen molar-refractivity contribution in [2.45, 2.75) is 44.2 Å². The van der Waals surface area contributed by atoms with Crippen LogP contribution in [0.3, 0.4) is 0 Å². The van der Waals surface area contributed by atoms with Crippen LogP contribution in [0.1, 0.15) is 13.8 Å². The Labute approximate surface area is 149 Å². The number of hydrogen-bond acceptors (Lipinski definition) is 8. The van der Waals surface area contributed by atoms with E-state index < -0.39 is 12.1 Å². The van der Waals surface area contributed by atoms with Gasteiger partial charge >= 0.3 is 0 Å². The number of para-hydroxylation sites is 1. The van der Waals surface area contributed by atoms with Gasteiger partial charge in [0, 0.05) is 7.11 Å². The number of fused-ring (bicyclic) bond motifs is 2. The minimum atomic E-state index is -0.684. The molecule has 0 amide bonds. The molecule has 9 heteroatoms. The summed E-state index contributed by atoms with van der Waals surface area (Å²) in [5.41, 5.74) is 1.54. The second-order valence-corrected chi connectivity index (χ2v) is 6.76. The number of nitrogens with zero attached hydrogens (tertiary/aromatic N) is 3. The molecule has 0 radical (unpaired) electrons. The van der Waals surface area contributed by atoms with E-state index in [1.54, 1.807) is 7.11 Å². The molecule has 2 aromatic rings. The van der Waals surface area contributed by atoms with E-state index in [4.69, 9.17) is 35.9 Å². The average molecular weight is 365 g/mol. The van der Waals surface area contributed by atoms with Crippen LogP contribution in [0.15, 0.2) is 24.3 Å². The summed E-state index contributed by atoms with van der Waals surface area (Å²) in [4.78, 5) is 0. The first kappa shape index (κ1) is 16.8. The number of hydrogen-bond donors (Lipinski definition) is 0. The highest BCUT2D eigenvalue weighted by Gasteiger charge is 2.55. The van der Waals surface area contributed by atoms with E-state index in [9.17, 15) is 0 Å². The number of ether oxygens (including phenoxy) is 5. The molecule has 3 heterocycles. The van der Waals surface area contributed by atoms with E-state index in [1.807, 2.05) is 38.1 Å². The molecule has 0 unspecified atom stereocenters. The third-order valence-electron chi connectivity index (χ3n) is 4.24. The molecule has 2 fully saturated rings. The molecule has 134 valence electrons. The first-order chi connectivity index (χ1) is 12.0. The lowest BCUT2D eigenvalue weighted by Crippen LogP contribution is -2.34. The Morgan fingerprint density at radius 2 is 2.04 bits per heavy atom. The van der Waals surface area contributed by atoms with Crippen molar-refractivity contribution in [3.63, 3.8) is 0 Å². The summed E-state index contributed by atoms with van der Waals surface area (Å²) >= 11 is 5.34. The molecule has 2 saturated heterocycles. The molecule has 0 N–H and O–H groups in total. The molecular weight excluding hydrogens is 346 g/mol. The van der Waals surface area contributed by atoms with Crippen LogP contribution in [-0.4, -0.2) is 64.3 Å². The largest absolute Gasteiger partial charge is 0.467 e. The van der Waals surface area contributed by atoms with E-state index in [-0.39, 0.29) is 30.1 Å². The minimum Gasteiger partial charge on any atom is -0.467 e. The Hall–Kier alpha value is -1.65. The molecule has 1 aromatic carbocycles. The zero-order chi connectivity index (χ0) is 17.6. The summed E-state index contributed by atoms with van der Waals surface area (Å²) in [6.45, 7) is 3.93. The lowest BCUT2D eigenvalue weighted by atomic mass is 10.1. The van der Waals surface area contributed by atoms with Crippen molar-refractivity contribution < 1.29 is 23.7 Å². The highest BCUT2D eigenvalue weighted by molar-refractivity contribution is 7.80. The fourth-order valence-electron chi connectivity index (χ4n) is 3.18. The third-order valence-corrected chi connectivity index (χ3v) is 4.53. The maximum absolute atomic E-state index is 5.93. The Morgan fingerprint density at radius 1 is 1.28 bits per heavy atom. The lowest BCUT2D eigenvalue weighted by Gasteiger charge is -2.23. The number of methoxy groups -OCH3 is 1. The van der Waals surface area contributed by atoms with Crippen molar-refractivity contribution >= 4 is 28.4 Å². The Balaban J connectivity index is 1.45. The molecule has 2 aliphatic rings. The van der Waals surface area contributed by atoms with Crippen LogP contribution in [0.4, 0.5) is 0 Å². The first-order valence-corrected chi connectivity index (χ1v) is 8.41. The Kier molecular flexibility index (Phi) is 4.20. The molecule has 2 aliphatic heterocycles. The molecule has 1 aromatic heterocycles. The predicted molar refractivity (Wildman–Crippen MR) is 91.0 cm³/mol. The number of aromatic nitrogens is 3. The molecule has 4 rings (SSSR count). The van der Waals surface area contributed by atoms with Gasteiger partial charge in [-0.2, -0.15) is 4.68 Å². The summed E-state index contributed by atoms with van der Waals surface area (Å²) in [6, 6.07) is 7.53. The molecule has 8 nitrogen and oxygen atoms in total. The van der Waals surface area contributed by atoms with Crippen LogP contribution in [-0.2, 0) is 23.7 Å². The highest BCUT2D eigenvalue weighted by Crippen LogP contribution is 2.38. The molecular formula is C16H19N3O5S. The number of benzene rings is 1. The smallest absolute Gasteiger partial charge is 0.286 e. The van der Waals surface area contributed by atoms with Crippen molar-refractivity contribution in [2.24, 2.45) is 0 Å². The second kappa shape index (κ2) is 6.26. The van der Waals surface area contributed by atoms with Gasteiger partial charge < -0.3 is 23.7 Å². The fourth-order valence-corrected chi connectivity index (χ4v) is 3.39. The van der Waals surface area contributed by atoms with Crippen LogP contribution in [0.5, 0.6) is 0 Å². The standard InChI is InChI=1S/C16H19N3O5S/c1-16(2)23-12-11(22-14(20-3)13(12)24-16)8-21-15(25)19-10-7-5-4-6-9(10)17-18-19/h4-7,11-14H,8H2,1-3H3/t11-,12-,13-,14-/m1/s1. The van der Waals surface area contributed by atoms with E-state index in [1.165, 1.54) is 4.68 Å². The molecule has 25 heavy (non-hydrogen) atoms. The van der Waals surface area contributed by atoms with Crippen LogP contribution < -0.4 is 0 Å². The Morgan fingerprint density at radius 3 is 2.84 bits per heavy atom. The first-order valence-electron chi connectivity index (χ1n) is 8.00. The van der Waals surface area contributed by atoms with Gasteiger partial charge in [0.1, 0.15) is 30.4 Å². The van der Waals surface area contributed by atoms with Gasteiger partial charge in [0.2, 0.25) is 0 Å². The Bertz CT molecular complexity index is 795. The van der Waals surface area contributed by atoms with Crippen LogP contribution in [0, 0.1) is 0 Å². The van der Waals surface area contributed by atoms with Gasteiger partial charge in [-0.3, -0.25) is 0 Å². The fraction of sp³-hybridized carbons (Fsp3) is 0.562. The number of rotatable bonds is 3. The van der Waals surface area contributed by atoms with Crippen LogP contribution in [0.25, 0.3) is 11.0 Å². The summed E-state index contributed by atoms with van der Waals surface area (Å²) in [6.07, 6.45) is -1.43. The predicted octanol–water partition coefficient (Wildman–Crippen LogP) is 1.47. The van der Waals surface area contributed by atoms with Crippen LogP contribution >= 0.6 is 12.2 Å². The van der Waals surface area contributed by atoms with Crippen molar-refractivity contribution in [2.75, 3.05) is 13.7 Å². The minimum absolute atomic E-state index is 0.202. The number of thiocarbonyl (C=S) groups is 1. The molecule has 4 atom stereocenters. The zero-order valence-electron chi connectivity index (χ0n) is 14.1. The maximum atomic E-state index is 5.93. The van der Waals surface area contributed by atoms with Gasteiger partial charge in [0.05, 0.1) is 5.52 Å². The summed E-state index contributed by atoms with van der Waals surface area (Å²) in [7, 11) is 1.58. The van der Waals surface area contributed by atoms with Crippen molar-refractivity contribution in [3.05, 3.63) is 24.3 Å². The van der Waals surface area contributed by atoms with Gasteiger partial charge in [0.15, 0.2) is 12.1 Å². The van der Waals surface area contributed by atoms with E-state index >= 15 is 0 Å². The van der Waals surface area contributed by atoms with Crippen molar-refractivity contribution in [1.29, 1.82) is 0 Å². The lowest BCUT2D eigenvalue weighted by molar-refractivity contribution is -0.229. The van der Waals surface area contributed by atoms with Gasteiger partial charge in [-0.25, -0.2) is 0 Å². The topological polar surface area (TPSA) is 76.9 Å². The average Bonchev–Trinajstić information content (AvgIpc) is 3.23. The molecule has 0 aliphatic carbocycles. The van der Waals surface area contributed by atoms with Gasteiger partial charge in [0.25, 0.3) is 5.17 Å². The van der Waals surface area contributed by atoms with Gasteiger partial charge in [-0.05, 0) is 38.2 Å². The molecule has 0 saturated carbocycles. The van der Waals surface area contributed by atoms with Crippen molar-refractivity contribution in [3.8, 4) is 0 Å². The summed E-state index contributed by atoms with van der Waals surface area (Å²) in [5, 5.41) is 8.31. The van der Waals surface area contributed by atoms with Gasteiger partial charge in [-0.1, -0.05) is 17.3 Å². The van der Waals surface area contributed by atoms with E-state index in [2.05, 4.69) is 10.3 Å². The maximum Gasteiger partial charge on any atom is 0.286 e.